The molecule has 254 valence electrons. The van der Waals surface area contributed by atoms with E-state index in [0.29, 0.717) is 18.1 Å². The van der Waals surface area contributed by atoms with Crippen molar-refractivity contribution in [3.8, 4) is 0 Å². The number of likely N-dealkylation sites (tertiary alicyclic amines) is 1. The molecule has 1 saturated carbocycles. The molecule has 0 radical (unpaired) electrons. The maximum atomic E-state index is 13.9. The number of aliphatic carboxylic acids is 3. The third-order valence-electron chi connectivity index (χ3n) is 9.43. The van der Waals surface area contributed by atoms with Gasteiger partial charge in [-0.25, -0.2) is 9.18 Å². The Morgan fingerprint density at radius 3 is 2.15 bits per heavy atom. The number of nitrogens with zero attached hydrogens (tertiary/aromatic N) is 2. The Bertz CT molecular complexity index is 1720. The summed E-state index contributed by atoms with van der Waals surface area (Å²) in [5, 5.41) is 36.7. The molecule has 48 heavy (non-hydrogen) atoms. The number of carbonyl (C=O) groups excluding carboxylic acids is 1. The van der Waals surface area contributed by atoms with Crippen molar-refractivity contribution in [2.45, 2.75) is 56.1 Å². The van der Waals surface area contributed by atoms with E-state index in [9.17, 15) is 23.6 Å². The molecular weight excluding hydrogens is 643 g/mol. The summed E-state index contributed by atoms with van der Waals surface area (Å²) in [5.74, 6) is -4.32. The topological polar surface area (TPSA) is 156 Å². The Morgan fingerprint density at radius 2 is 1.56 bits per heavy atom. The molecule has 4 N–H and O–H groups in total. The Morgan fingerprint density at radius 1 is 0.938 bits per heavy atom. The molecule has 0 aromatic heterocycles. The number of amides is 1. The number of carboxylic acids is 3. The van der Waals surface area contributed by atoms with E-state index in [2.05, 4.69) is 23.1 Å². The average Bonchev–Trinajstić information content (AvgIpc) is 3.77. The van der Waals surface area contributed by atoms with Crippen molar-refractivity contribution >= 4 is 46.2 Å². The van der Waals surface area contributed by atoms with Crippen LogP contribution in [0.5, 0.6) is 0 Å². The first-order valence-electron chi connectivity index (χ1n) is 15.8. The van der Waals surface area contributed by atoms with Gasteiger partial charge in [-0.15, -0.1) is 0 Å². The number of fused-ring (bicyclic) bond motifs is 1. The number of halogens is 2. The molecule has 3 aromatic rings. The molecule has 1 amide bonds. The number of hydrogen-bond acceptors (Lipinski definition) is 6. The van der Waals surface area contributed by atoms with Crippen LogP contribution in [0.2, 0.25) is 5.02 Å². The minimum Gasteiger partial charge on any atom is -0.481 e. The Kier molecular flexibility index (Phi) is 10.5. The summed E-state index contributed by atoms with van der Waals surface area (Å²) in [4.78, 5) is 48.8. The van der Waals surface area contributed by atoms with Crippen molar-refractivity contribution in [2.24, 2.45) is 5.92 Å². The van der Waals surface area contributed by atoms with E-state index in [1.807, 2.05) is 41.3 Å². The monoisotopic (exact) mass is 680 g/mol. The summed E-state index contributed by atoms with van der Waals surface area (Å²) in [7, 11) is 0. The summed E-state index contributed by atoms with van der Waals surface area (Å²) < 4.78 is 13.8. The molecule has 0 atom stereocenters. The third kappa shape index (κ3) is 8.03. The van der Waals surface area contributed by atoms with Gasteiger partial charge < -0.3 is 30.2 Å². The number of benzene rings is 3. The van der Waals surface area contributed by atoms with Crippen LogP contribution in [0.4, 0.5) is 4.39 Å². The molecule has 0 spiro atoms. The van der Waals surface area contributed by atoms with Gasteiger partial charge in [-0.05, 0) is 90.9 Å². The number of carbonyl (C=O) groups is 4. The summed E-state index contributed by atoms with van der Waals surface area (Å²) in [5.41, 5.74) is -0.111. The summed E-state index contributed by atoms with van der Waals surface area (Å²) in [6.45, 7) is 4.21. The van der Waals surface area contributed by atoms with Crippen LogP contribution in [0.1, 0.15) is 49.7 Å². The third-order valence-corrected chi connectivity index (χ3v) is 9.65. The van der Waals surface area contributed by atoms with Crippen LogP contribution in [0.15, 0.2) is 72.3 Å². The van der Waals surface area contributed by atoms with Crippen LogP contribution in [0, 0.1) is 11.7 Å². The van der Waals surface area contributed by atoms with Gasteiger partial charge >= 0.3 is 17.9 Å². The molecule has 3 aliphatic rings. The standard InChI is InChI=1S/C30H30ClFN2O.C6H8O7/c31-25-17-22-3-1-2-4-27(22)23(18-25)20-34-14-11-28(29(34)35)30(24-7-9-26(32)10-8-24)12-15-33(16-13-30)19-21-5-6-21;7-3(8)1-6(13,5(11)12)2-4(9)10/h1-4,7-11,17-18,21H,5-6,12-16,19-20H2;13H,1-2H2,(H,7,8)(H,9,10)(H,11,12). The SMILES string of the molecule is O=C(O)CC(O)(CC(=O)O)C(=O)O.O=C1C(C2(c3ccc(F)cc3)CCN(CC3CC3)CC2)=CCN1Cc1cc(Cl)cc2ccccc12. The van der Waals surface area contributed by atoms with Gasteiger partial charge in [0.05, 0.1) is 12.8 Å². The predicted molar refractivity (Wildman–Crippen MR) is 176 cm³/mol. The minimum absolute atomic E-state index is 0.0917. The van der Waals surface area contributed by atoms with Crippen molar-refractivity contribution in [2.75, 3.05) is 26.2 Å². The number of aliphatic hydroxyl groups is 1. The second-order valence-electron chi connectivity index (χ2n) is 12.9. The quantitative estimate of drug-likeness (QED) is 0.217. The van der Waals surface area contributed by atoms with E-state index in [1.54, 1.807) is 0 Å². The fourth-order valence-corrected chi connectivity index (χ4v) is 6.99. The number of hydrogen-bond donors (Lipinski definition) is 4. The first-order chi connectivity index (χ1) is 22.8. The summed E-state index contributed by atoms with van der Waals surface area (Å²) in [6.07, 6.45) is 4.29. The smallest absolute Gasteiger partial charge is 0.336 e. The minimum atomic E-state index is -2.74. The molecule has 2 aliphatic heterocycles. The molecule has 12 heteroatoms. The van der Waals surface area contributed by atoms with Crippen LogP contribution in [-0.4, -0.2) is 85.8 Å². The largest absolute Gasteiger partial charge is 0.481 e. The van der Waals surface area contributed by atoms with E-state index in [4.69, 9.17) is 32.0 Å². The normalized spacial score (nSPS) is 17.9. The molecular formula is C36H38ClFN2O8. The van der Waals surface area contributed by atoms with Gasteiger partial charge in [0, 0.05) is 35.6 Å². The van der Waals surface area contributed by atoms with E-state index in [1.165, 1.54) is 31.5 Å². The van der Waals surface area contributed by atoms with Gasteiger partial charge in [0.1, 0.15) is 5.82 Å². The van der Waals surface area contributed by atoms with Crippen molar-refractivity contribution in [3.63, 3.8) is 0 Å². The van der Waals surface area contributed by atoms with Crippen LogP contribution in [0.25, 0.3) is 10.8 Å². The van der Waals surface area contributed by atoms with Crippen molar-refractivity contribution in [1.82, 2.24) is 9.80 Å². The Hall–Kier alpha value is -4.32. The van der Waals surface area contributed by atoms with Crippen LogP contribution >= 0.6 is 11.6 Å². The van der Waals surface area contributed by atoms with E-state index in [0.717, 1.165) is 59.3 Å². The Labute approximate surface area is 282 Å². The molecule has 2 heterocycles. The van der Waals surface area contributed by atoms with Gasteiger partial charge in [0.15, 0.2) is 5.60 Å². The highest BCUT2D eigenvalue weighted by Gasteiger charge is 2.46. The summed E-state index contributed by atoms with van der Waals surface area (Å²) >= 11 is 6.41. The zero-order valence-corrected chi connectivity index (χ0v) is 27.0. The van der Waals surface area contributed by atoms with E-state index in [-0.39, 0.29) is 17.1 Å². The average molecular weight is 681 g/mol. The fraction of sp³-hybridized carbons (Fsp3) is 0.389. The van der Waals surface area contributed by atoms with Gasteiger partial charge in [-0.1, -0.05) is 54.1 Å². The maximum absolute atomic E-state index is 13.9. The first-order valence-corrected chi connectivity index (χ1v) is 16.2. The molecule has 10 nitrogen and oxygen atoms in total. The first kappa shape index (κ1) is 35.0. The zero-order valence-electron chi connectivity index (χ0n) is 26.3. The molecule has 1 aliphatic carbocycles. The molecule has 3 aromatic carbocycles. The highest BCUT2D eigenvalue weighted by Crippen LogP contribution is 2.45. The lowest BCUT2D eigenvalue weighted by molar-refractivity contribution is -0.170. The lowest BCUT2D eigenvalue weighted by atomic mass is 9.67. The lowest BCUT2D eigenvalue weighted by Crippen LogP contribution is -2.46. The zero-order chi connectivity index (χ0) is 34.6. The van der Waals surface area contributed by atoms with Gasteiger partial charge in [0.25, 0.3) is 5.91 Å². The highest BCUT2D eigenvalue weighted by molar-refractivity contribution is 6.31. The number of carboxylic acid groups (broad SMARTS) is 3. The lowest BCUT2D eigenvalue weighted by Gasteiger charge is -2.43. The second-order valence-corrected chi connectivity index (χ2v) is 13.3. The van der Waals surface area contributed by atoms with E-state index >= 15 is 0 Å². The molecule has 2 fully saturated rings. The van der Waals surface area contributed by atoms with Gasteiger partial charge in [-0.2, -0.15) is 0 Å². The number of rotatable bonds is 11. The highest BCUT2D eigenvalue weighted by atomic mass is 35.5. The fourth-order valence-electron chi connectivity index (χ4n) is 6.74. The summed E-state index contributed by atoms with van der Waals surface area (Å²) in [6, 6.07) is 18.9. The second kappa shape index (κ2) is 14.4. The number of piperidine rings is 1. The Balaban J connectivity index is 0.000000296. The van der Waals surface area contributed by atoms with Gasteiger partial charge in [0.2, 0.25) is 0 Å². The maximum Gasteiger partial charge on any atom is 0.336 e. The molecule has 6 rings (SSSR count). The predicted octanol–water partition coefficient (Wildman–Crippen LogP) is 5.10. The van der Waals surface area contributed by atoms with Crippen molar-refractivity contribution < 1.29 is 44.0 Å². The molecule has 1 saturated heterocycles. The van der Waals surface area contributed by atoms with Crippen molar-refractivity contribution in [3.05, 3.63) is 94.3 Å². The van der Waals surface area contributed by atoms with Crippen LogP contribution in [0.3, 0.4) is 0 Å². The van der Waals surface area contributed by atoms with Crippen molar-refractivity contribution in [1.29, 1.82) is 0 Å². The molecule has 0 unspecified atom stereocenters. The van der Waals surface area contributed by atoms with Crippen LogP contribution < -0.4 is 0 Å². The van der Waals surface area contributed by atoms with Gasteiger partial charge in [-0.3, -0.25) is 14.4 Å². The van der Waals surface area contributed by atoms with Crippen LogP contribution in [-0.2, 0) is 31.1 Å². The van der Waals surface area contributed by atoms with E-state index < -0.39 is 36.4 Å². The molecule has 0 bridgehead atoms.